The molecule has 1 aliphatic rings. The van der Waals surface area contributed by atoms with Gasteiger partial charge >= 0.3 is 0 Å². The van der Waals surface area contributed by atoms with Crippen molar-refractivity contribution in [3.05, 3.63) is 23.8 Å². The highest BCUT2D eigenvalue weighted by Gasteiger charge is 2.25. The van der Waals surface area contributed by atoms with Crippen LogP contribution in [0.3, 0.4) is 0 Å². The third-order valence-corrected chi connectivity index (χ3v) is 6.25. The van der Waals surface area contributed by atoms with E-state index in [1.165, 1.54) is 19.2 Å². The number of methoxy groups -OCH3 is 1. The number of hydrogen-bond donors (Lipinski definition) is 1. The largest absolute Gasteiger partial charge is 0.496 e. The van der Waals surface area contributed by atoms with E-state index in [0.717, 1.165) is 19.3 Å². The average Bonchev–Trinajstić information content (AvgIpc) is 2.60. The van der Waals surface area contributed by atoms with Crippen LogP contribution in [-0.4, -0.2) is 45.5 Å². The van der Waals surface area contributed by atoms with E-state index in [9.17, 15) is 13.2 Å². The van der Waals surface area contributed by atoms with Crippen molar-refractivity contribution in [1.82, 2.24) is 9.62 Å². The van der Waals surface area contributed by atoms with Crippen LogP contribution in [0.25, 0.3) is 0 Å². The number of carbonyl (C=O) groups is 1. The predicted octanol–water partition coefficient (Wildman–Crippen LogP) is 2.64. The number of nitrogens with one attached hydrogen (secondary N) is 1. The molecule has 1 atom stereocenters. The van der Waals surface area contributed by atoms with Crippen LogP contribution in [0.4, 0.5) is 0 Å². The van der Waals surface area contributed by atoms with Gasteiger partial charge in [-0.2, -0.15) is 0 Å². The van der Waals surface area contributed by atoms with Crippen LogP contribution in [0.1, 0.15) is 50.4 Å². The number of nitrogens with zero attached hydrogens (tertiary/aromatic N) is 1. The van der Waals surface area contributed by atoms with Crippen LogP contribution in [0.15, 0.2) is 23.1 Å². The van der Waals surface area contributed by atoms with Crippen molar-refractivity contribution >= 4 is 15.9 Å². The minimum Gasteiger partial charge on any atom is -0.496 e. The Morgan fingerprint density at radius 1 is 1.16 bits per heavy atom. The number of carbonyl (C=O) groups excluding carboxylic acids is 1. The van der Waals surface area contributed by atoms with Crippen molar-refractivity contribution in [1.29, 1.82) is 0 Å². The molecule has 1 aromatic carbocycles. The number of sulfonamides is 1. The monoisotopic (exact) mass is 368 g/mol. The lowest BCUT2D eigenvalue weighted by atomic mass is 10.1. The predicted molar refractivity (Wildman–Crippen MR) is 97.4 cm³/mol. The minimum atomic E-state index is -3.69. The third-order valence-electron chi connectivity index (χ3n) is 4.70. The fraction of sp³-hybridized carbons (Fsp3) is 0.611. The Morgan fingerprint density at radius 2 is 1.80 bits per heavy atom. The van der Waals surface area contributed by atoms with Crippen molar-refractivity contribution in [3.63, 3.8) is 0 Å². The summed E-state index contributed by atoms with van der Waals surface area (Å²) >= 11 is 0. The summed E-state index contributed by atoms with van der Waals surface area (Å²) in [6.07, 6.45) is 3.06. The zero-order valence-electron chi connectivity index (χ0n) is 15.4. The molecule has 2 rings (SSSR count). The molecular weight excluding hydrogens is 340 g/mol. The lowest BCUT2D eigenvalue weighted by molar-refractivity contribution is 0.0720. The highest BCUT2D eigenvalue weighted by atomic mass is 32.2. The smallest absolute Gasteiger partial charge is 0.257 e. The molecule has 1 aromatic rings. The van der Waals surface area contributed by atoms with Gasteiger partial charge in [0.15, 0.2) is 0 Å². The average molecular weight is 368 g/mol. The molecule has 1 unspecified atom stereocenters. The second-order valence-corrected chi connectivity index (χ2v) is 8.58. The summed E-state index contributed by atoms with van der Waals surface area (Å²) in [5.74, 6) is 0.388. The molecule has 0 aliphatic carbocycles. The quantitative estimate of drug-likeness (QED) is 0.837. The van der Waals surface area contributed by atoms with E-state index in [2.05, 4.69) is 4.72 Å². The Kier molecular flexibility index (Phi) is 6.46. The first-order valence-electron chi connectivity index (χ1n) is 8.76. The van der Waals surface area contributed by atoms with E-state index in [4.69, 9.17) is 4.74 Å². The molecule has 6 nitrogen and oxygen atoms in total. The number of piperidine rings is 1. The molecule has 7 heteroatoms. The maximum atomic E-state index is 12.8. The number of rotatable bonds is 6. The summed E-state index contributed by atoms with van der Waals surface area (Å²) in [5, 5.41) is 0. The fourth-order valence-electron chi connectivity index (χ4n) is 2.74. The number of benzene rings is 1. The maximum absolute atomic E-state index is 12.8. The Hall–Kier alpha value is -1.60. The number of hydrogen-bond acceptors (Lipinski definition) is 4. The zero-order valence-corrected chi connectivity index (χ0v) is 16.2. The lowest BCUT2D eigenvalue weighted by Gasteiger charge is -2.27. The second kappa shape index (κ2) is 8.19. The Balaban J connectivity index is 2.34. The van der Waals surface area contributed by atoms with Gasteiger partial charge in [-0.25, -0.2) is 13.1 Å². The molecule has 1 amide bonds. The normalized spacial score (nSPS) is 16.8. The molecule has 0 saturated carbocycles. The van der Waals surface area contributed by atoms with Gasteiger partial charge in [-0.05, 0) is 50.3 Å². The minimum absolute atomic E-state index is 0.0844. The van der Waals surface area contributed by atoms with Gasteiger partial charge in [-0.15, -0.1) is 0 Å². The fourth-order valence-corrected chi connectivity index (χ4v) is 4.16. The van der Waals surface area contributed by atoms with E-state index in [-0.39, 0.29) is 22.8 Å². The van der Waals surface area contributed by atoms with Crippen LogP contribution >= 0.6 is 0 Å². The molecule has 1 fully saturated rings. The molecular formula is C18H28N2O4S. The van der Waals surface area contributed by atoms with Gasteiger partial charge < -0.3 is 9.64 Å². The van der Waals surface area contributed by atoms with E-state index < -0.39 is 10.0 Å². The van der Waals surface area contributed by atoms with Crippen molar-refractivity contribution in [2.24, 2.45) is 5.92 Å². The van der Waals surface area contributed by atoms with Crippen LogP contribution in [-0.2, 0) is 10.0 Å². The van der Waals surface area contributed by atoms with E-state index in [1.807, 2.05) is 20.8 Å². The topological polar surface area (TPSA) is 75.7 Å². The maximum Gasteiger partial charge on any atom is 0.257 e. The van der Waals surface area contributed by atoms with Gasteiger partial charge in [-0.3, -0.25) is 4.79 Å². The van der Waals surface area contributed by atoms with Crippen LogP contribution in [0.5, 0.6) is 5.75 Å². The van der Waals surface area contributed by atoms with Crippen LogP contribution in [0, 0.1) is 5.92 Å². The summed E-state index contributed by atoms with van der Waals surface area (Å²) in [5.41, 5.74) is 0.296. The number of ether oxygens (including phenoxy) is 1. The Bertz CT molecular complexity index is 710. The van der Waals surface area contributed by atoms with Crippen molar-refractivity contribution in [2.45, 2.75) is 51.0 Å². The highest BCUT2D eigenvalue weighted by Crippen LogP contribution is 2.25. The van der Waals surface area contributed by atoms with E-state index >= 15 is 0 Å². The van der Waals surface area contributed by atoms with E-state index in [0.29, 0.717) is 24.4 Å². The summed E-state index contributed by atoms with van der Waals surface area (Å²) in [6, 6.07) is 4.24. The standard InChI is InChI=1S/C18H28N2O4S/c1-13(2)14(3)19-25(22,23)15-8-9-17(24-4)16(12-15)18(21)20-10-6-5-7-11-20/h8-9,12-14,19H,5-7,10-11H2,1-4H3. The molecule has 0 spiro atoms. The third kappa shape index (κ3) is 4.73. The zero-order chi connectivity index (χ0) is 18.6. The molecule has 1 saturated heterocycles. The first-order valence-corrected chi connectivity index (χ1v) is 10.2. The van der Waals surface area contributed by atoms with Gasteiger partial charge in [0, 0.05) is 19.1 Å². The Morgan fingerprint density at radius 3 is 2.36 bits per heavy atom. The molecule has 25 heavy (non-hydrogen) atoms. The van der Waals surface area contributed by atoms with Crippen molar-refractivity contribution in [2.75, 3.05) is 20.2 Å². The van der Waals surface area contributed by atoms with E-state index in [1.54, 1.807) is 11.0 Å². The Labute approximate surface area is 150 Å². The first kappa shape index (κ1) is 19.7. The SMILES string of the molecule is COc1ccc(S(=O)(=O)NC(C)C(C)C)cc1C(=O)N1CCCCC1. The number of amides is 1. The van der Waals surface area contributed by atoms with Gasteiger partial charge in [-0.1, -0.05) is 13.8 Å². The van der Waals surface area contributed by atoms with Crippen LogP contribution < -0.4 is 9.46 Å². The molecule has 0 radical (unpaired) electrons. The molecule has 1 heterocycles. The first-order chi connectivity index (χ1) is 11.8. The molecule has 140 valence electrons. The molecule has 1 N–H and O–H groups in total. The lowest BCUT2D eigenvalue weighted by Crippen LogP contribution is -2.37. The molecule has 1 aliphatic heterocycles. The van der Waals surface area contributed by atoms with Crippen molar-refractivity contribution < 1.29 is 17.9 Å². The summed E-state index contributed by atoms with van der Waals surface area (Å²) < 4.78 is 33.2. The van der Waals surface area contributed by atoms with Crippen LogP contribution in [0.2, 0.25) is 0 Å². The highest BCUT2D eigenvalue weighted by molar-refractivity contribution is 7.89. The van der Waals surface area contributed by atoms with Gasteiger partial charge in [0.1, 0.15) is 5.75 Å². The van der Waals surface area contributed by atoms with Gasteiger partial charge in [0.05, 0.1) is 17.6 Å². The summed E-state index contributed by atoms with van der Waals surface area (Å²) in [7, 11) is -2.21. The van der Waals surface area contributed by atoms with Gasteiger partial charge in [0.25, 0.3) is 5.91 Å². The number of likely N-dealkylation sites (tertiary alicyclic amines) is 1. The molecule has 0 bridgehead atoms. The molecule has 0 aromatic heterocycles. The summed E-state index contributed by atoms with van der Waals surface area (Å²) in [4.78, 5) is 14.7. The second-order valence-electron chi connectivity index (χ2n) is 6.87. The van der Waals surface area contributed by atoms with Crippen molar-refractivity contribution in [3.8, 4) is 5.75 Å². The summed E-state index contributed by atoms with van der Waals surface area (Å²) in [6.45, 7) is 7.12. The van der Waals surface area contributed by atoms with Gasteiger partial charge in [0.2, 0.25) is 10.0 Å².